The molecule has 1 aromatic rings. The second-order valence-corrected chi connectivity index (χ2v) is 3.37. The molecule has 2 atom stereocenters. The highest BCUT2D eigenvalue weighted by atomic mass is 16.6. The topological polar surface area (TPSA) is 18.5 Å². The molecule has 0 spiro atoms. The van der Waals surface area contributed by atoms with Crippen LogP contribution in [0.5, 0.6) is 11.5 Å². The normalized spacial score (nSPS) is 21.6. The summed E-state index contributed by atoms with van der Waals surface area (Å²) in [7, 11) is 0. The van der Waals surface area contributed by atoms with Crippen LogP contribution in [0.3, 0.4) is 0 Å². The molecule has 0 saturated carbocycles. The van der Waals surface area contributed by atoms with Crippen molar-refractivity contribution in [3.8, 4) is 11.5 Å². The molecule has 0 radical (unpaired) electrons. The quantitative estimate of drug-likeness (QED) is 0.718. The van der Waals surface area contributed by atoms with Crippen LogP contribution in [-0.2, 0) is 0 Å². The second kappa shape index (κ2) is 6.79. The lowest BCUT2D eigenvalue weighted by Crippen LogP contribution is -2.36. The third kappa shape index (κ3) is 3.13. The maximum atomic E-state index is 5.79. The van der Waals surface area contributed by atoms with Crippen LogP contribution in [-0.4, -0.2) is 12.2 Å². The predicted molar refractivity (Wildman–Crippen MR) is 71.6 cm³/mol. The van der Waals surface area contributed by atoms with E-state index in [9.17, 15) is 0 Å². The highest BCUT2D eigenvalue weighted by molar-refractivity contribution is 5.42. The van der Waals surface area contributed by atoms with Crippen molar-refractivity contribution >= 4 is 0 Å². The molecule has 1 aromatic carbocycles. The first-order valence-corrected chi connectivity index (χ1v) is 6.03. The van der Waals surface area contributed by atoms with E-state index in [4.69, 9.17) is 9.47 Å². The third-order valence-electron chi connectivity index (χ3n) is 2.31. The first-order chi connectivity index (χ1) is 8.35. The highest BCUT2D eigenvalue weighted by Gasteiger charge is 2.26. The minimum Gasteiger partial charge on any atom is -0.478 e. The van der Waals surface area contributed by atoms with Crippen LogP contribution in [0.4, 0.5) is 0 Å². The highest BCUT2D eigenvalue weighted by Crippen LogP contribution is 2.33. The van der Waals surface area contributed by atoms with Gasteiger partial charge in [0.1, 0.15) is 0 Å². The van der Waals surface area contributed by atoms with Crippen LogP contribution in [0.1, 0.15) is 20.8 Å². The van der Waals surface area contributed by atoms with Crippen molar-refractivity contribution in [2.24, 2.45) is 0 Å². The zero-order valence-electron chi connectivity index (χ0n) is 10.7. The van der Waals surface area contributed by atoms with Gasteiger partial charge in [-0.15, -0.1) is 0 Å². The summed E-state index contributed by atoms with van der Waals surface area (Å²) >= 11 is 0. The number of hydrogen-bond donors (Lipinski definition) is 0. The minimum atomic E-state index is -0.115. The summed E-state index contributed by atoms with van der Waals surface area (Å²) in [5, 5.41) is 0. The zero-order chi connectivity index (χ0) is 12.7. The number of ether oxygens (including phenoxy) is 2. The molecule has 0 aliphatic carbocycles. The number of allylic oxidation sites excluding steroid dienone is 1. The van der Waals surface area contributed by atoms with Gasteiger partial charge in [-0.3, -0.25) is 0 Å². The van der Waals surface area contributed by atoms with E-state index in [0.29, 0.717) is 0 Å². The van der Waals surface area contributed by atoms with Crippen LogP contribution < -0.4 is 9.47 Å². The maximum Gasteiger partial charge on any atom is 0.162 e. The Labute approximate surface area is 104 Å². The number of hydrogen-bond acceptors (Lipinski definition) is 2. The lowest BCUT2D eigenvalue weighted by Gasteiger charge is -2.30. The van der Waals surface area contributed by atoms with E-state index in [1.165, 1.54) is 0 Å². The summed E-state index contributed by atoms with van der Waals surface area (Å²) in [6.45, 7) is 9.71. The van der Waals surface area contributed by atoms with Gasteiger partial charge < -0.3 is 9.47 Å². The largest absolute Gasteiger partial charge is 0.478 e. The van der Waals surface area contributed by atoms with E-state index in [2.05, 4.69) is 6.58 Å². The van der Waals surface area contributed by atoms with E-state index in [-0.39, 0.29) is 12.2 Å². The predicted octanol–water partition coefficient (Wildman–Crippen LogP) is 3.98. The van der Waals surface area contributed by atoms with Gasteiger partial charge in [0.2, 0.25) is 0 Å². The average molecular weight is 232 g/mol. The Morgan fingerprint density at radius 1 is 1.06 bits per heavy atom. The lowest BCUT2D eigenvalue weighted by atomic mass is 10.1. The summed E-state index contributed by atoms with van der Waals surface area (Å²) in [4.78, 5) is 0. The number of fused-ring (bicyclic) bond motifs is 1. The van der Waals surface area contributed by atoms with Crippen molar-refractivity contribution in [3.63, 3.8) is 0 Å². The Balaban J connectivity index is 0.000000686. The number of rotatable bonds is 2. The molecular weight excluding hydrogens is 212 g/mol. The van der Waals surface area contributed by atoms with Gasteiger partial charge in [-0.05, 0) is 31.2 Å². The monoisotopic (exact) mass is 232 g/mol. The molecule has 17 heavy (non-hydrogen) atoms. The van der Waals surface area contributed by atoms with Gasteiger partial charge in [0.05, 0.1) is 0 Å². The van der Waals surface area contributed by atoms with Crippen LogP contribution in [0.25, 0.3) is 0 Å². The Hall–Kier alpha value is -1.70. The Morgan fingerprint density at radius 2 is 1.59 bits per heavy atom. The van der Waals surface area contributed by atoms with Crippen molar-refractivity contribution < 1.29 is 9.47 Å². The van der Waals surface area contributed by atoms with E-state index in [0.717, 1.165) is 11.5 Å². The molecule has 0 fully saturated rings. The molecule has 2 unspecified atom stereocenters. The van der Waals surface area contributed by atoms with Gasteiger partial charge in [0, 0.05) is 0 Å². The van der Waals surface area contributed by atoms with Gasteiger partial charge in [-0.2, -0.15) is 0 Å². The van der Waals surface area contributed by atoms with Crippen molar-refractivity contribution in [2.45, 2.75) is 33.0 Å². The molecule has 2 heteroatoms. The molecule has 1 aliphatic heterocycles. The lowest BCUT2D eigenvalue weighted by molar-refractivity contribution is 0.0770. The fraction of sp³-hybridized carbons (Fsp3) is 0.333. The van der Waals surface area contributed by atoms with Gasteiger partial charge in [0.25, 0.3) is 0 Å². The second-order valence-electron chi connectivity index (χ2n) is 3.37. The molecule has 2 nitrogen and oxygen atoms in total. The zero-order valence-corrected chi connectivity index (χ0v) is 10.7. The summed E-state index contributed by atoms with van der Waals surface area (Å²) in [5.41, 5.74) is 0. The van der Waals surface area contributed by atoms with E-state index >= 15 is 0 Å². The van der Waals surface area contributed by atoms with Crippen LogP contribution in [0.15, 0.2) is 49.1 Å². The van der Waals surface area contributed by atoms with Gasteiger partial charge in [-0.25, -0.2) is 0 Å². The Kier molecular flexibility index (Phi) is 5.34. The molecule has 1 heterocycles. The van der Waals surface area contributed by atoms with Gasteiger partial charge >= 0.3 is 0 Å². The van der Waals surface area contributed by atoms with Crippen molar-refractivity contribution in [3.05, 3.63) is 49.1 Å². The minimum absolute atomic E-state index is 0.0811. The fourth-order valence-corrected chi connectivity index (χ4v) is 1.59. The first-order valence-electron chi connectivity index (χ1n) is 6.03. The molecule has 0 aromatic heterocycles. The molecule has 0 saturated heterocycles. The summed E-state index contributed by atoms with van der Waals surface area (Å²) < 4.78 is 11.5. The van der Waals surface area contributed by atoms with Crippen molar-refractivity contribution in [2.75, 3.05) is 0 Å². The van der Waals surface area contributed by atoms with Gasteiger partial charge in [-0.1, -0.05) is 38.6 Å². The molecule has 0 bridgehead atoms. The molecular formula is C15H20O2. The Morgan fingerprint density at radius 3 is 2.06 bits per heavy atom. The fourth-order valence-electron chi connectivity index (χ4n) is 1.59. The van der Waals surface area contributed by atoms with E-state index in [1.807, 2.05) is 57.2 Å². The first kappa shape index (κ1) is 13.4. The number of para-hydroxylation sites is 2. The van der Waals surface area contributed by atoms with Gasteiger partial charge in [0.15, 0.2) is 23.7 Å². The van der Waals surface area contributed by atoms with Crippen molar-refractivity contribution in [1.29, 1.82) is 0 Å². The molecule has 92 valence electrons. The van der Waals surface area contributed by atoms with E-state index < -0.39 is 0 Å². The standard InChI is InChI=1S/C13H14O2.C2H6/c1-3-7-11-10(4-2)14-12-8-5-6-9-13(12)15-11;1-2/h3-11H,2H2,1H3;1-2H3/b7-3-;. The van der Waals surface area contributed by atoms with E-state index in [1.54, 1.807) is 6.08 Å². The average Bonchev–Trinajstić information content (AvgIpc) is 2.40. The molecule has 2 rings (SSSR count). The van der Waals surface area contributed by atoms with Crippen LogP contribution in [0, 0.1) is 0 Å². The summed E-state index contributed by atoms with van der Waals surface area (Å²) in [6, 6.07) is 7.67. The van der Waals surface area contributed by atoms with Crippen LogP contribution >= 0.6 is 0 Å². The molecule has 0 N–H and O–H groups in total. The molecule has 1 aliphatic rings. The smallest absolute Gasteiger partial charge is 0.162 e. The summed E-state index contributed by atoms with van der Waals surface area (Å²) in [6.07, 6.45) is 5.50. The molecule has 0 amide bonds. The Bertz CT molecular complexity index is 382. The number of benzene rings is 1. The third-order valence-corrected chi connectivity index (χ3v) is 2.31. The maximum absolute atomic E-state index is 5.79. The SMILES string of the molecule is C=CC1Oc2ccccc2OC1/C=C\C.CC. The van der Waals surface area contributed by atoms with Crippen LogP contribution in [0.2, 0.25) is 0 Å². The van der Waals surface area contributed by atoms with Crippen molar-refractivity contribution in [1.82, 2.24) is 0 Å². The summed E-state index contributed by atoms with van der Waals surface area (Å²) in [5.74, 6) is 1.57.